The number of hydrogen-bond donors (Lipinski definition) is 0. The summed E-state index contributed by atoms with van der Waals surface area (Å²) in [6.45, 7) is 0.614. The molecule has 0 aromatic heterocycles. The van der Waals surface area contributed by atoms with Crippen molar-refractivity contribution in [3.8, 4) is 0 Å². The van der Waals surface area contributed by atoms with E-state index >= 15 is 0 Å². The number of sulfone groups is 1. The number of anilines is 1. The number of hydrogen-bond acceptors (Lipinski definition) is 6. The third-order valence-electron chi connectivity index (χ3n) is 5.53. The third-order valence-corrected chi connectivity index (χ3v) is 8.80. The van der Waals surface area contributed by atoms with Crippen molar-refractivity contribution >= 4 is 43.2 Å². The lowest BCUT2D eigenvalue weighted by Crippen LogP contribution is -2.50. The van der Waals surface area contributed by atoms with Crippen LogP contribution in [0.2, 0.25) is 5.02 Å². The number of carbonyl (C=O) groups is 1. The van der Waals surface area contributed by atoms with Crippen LogP contribution in [0.4, 0.5) is 10.5 Å². The first-order valence-electron chi connectivity index (χ1n) is 9.62. The maximum Gasteiger partial charge on any atom is 0.414 e. The fourth-order valence-corrected chi connectivity index (χ4v) is 6.20. The number of nitrogens with zero attached hydrogens (tertiary/aromatic N) is 2. The van der Waals surface area contributed by atoms with Gasteiger partial charge in [-0.25, -0.2) is 21.6 Å². The minimum Gasteiger partial charge on any atom is -0.444 e. The molecule has 2 heterocycles. The van der Waals surface area contributed by atoms with E-state index in [1.54, 1.807) is 23.1 Å². The average molecular weight is 485 g/mol. The summed E-state index contributed by atoms with van der Waals surface area (Å²) < 4.78 is 55.8. The van der Waals surface area contributed by atoms with E-state index in [0.29, 0.717) is 17.9 Å². The molecule has 0 saturated carbocycles. The number of sulfonamides is 1. The SMILES string of the molecule is CS(=O)(=O)c1ccc(S(=O)(=O)N2CCC(N3C(=O)OCc4cc(Cl)ccc43)CC2)cc1. The Morgan fingerprint density at radius 3 is 2.19 bits per heavy atom. The number of halogens is 1. The summed E-state index contributed by atoms with van der Waals surface area (Å²) >= 11 is 6.04. The Hall–Kier alpha value is -2.14. The number of amides is 1. The van der Waals surface area contributed by atoms with Crippen LogP contribution in [0.25, 0.3) is 0 Å². The summed E-state index contributed by atoms with van der Waals surface area (Å²) in [5.41, 5.74) is 1.55. The first-order valence-corrected chi connectivity index (χ1v) is 13.3. The largest absolute Gasteiger partial charge is 0.444 e. The standard InChI is InChI=1S/C20H21ClN2O6S2/c1-30(25,26)17-3-5-18(6-4-17)31(27,28)22-10-8-16(9-11-22)23-19-7-2-15(21)12-14(19)13-29-20(23)24/h2-7,12,16H,8-11,13H2,1H3. The summed E-state index contributed by atoms with van der Waals surface area (Å²) in [4.78, 5) is 14.1. The van der Waals surface area contributed by atoms with Gasteiger partial charge in [-0.3, -0.25) is 4.90 Å². The molecule has 1 saturated heterocycles. The van der Waals surface area contributed by atoms with Crippen LogP contribution in [0, 0.1) is 0 Å². The highest BCUT2D eigenvalue weighted by Crippen LogP contribution is 2.34. The van der Waals surface area contributed by atoms with Crippen LogP contribution in [0.5, 0.6) is 0 Å². The molecule has 0 atom stereocenters. The minimum absolute atomic E-state index is 0.0377. The number of ether oxygens (including phenoxy) is 1. The number of fused-ring (bicyclic) bond motifs is 1. The zero-order valence-corrected chi connectivity index (χ0v) is 19.1. The highest BCUT2D eigenvalue weighted by atomic mass is 35.5. The lowest BCUT2D eigenvalue weighted by molar-refractivity contribution is 0.136. The predicted molar refractivity (Wildman–Crippen MR) is 115 cm³/mol. The number of cyclic esters (lactones) is 1. The van der Waals surface area contributed by atoms with E-state index in [4.69, 9.17) is 16.3 Å². The molecular formula is C20H21ClN2O6S2. The van der Waals surface area contributed by atoms with Crippen LogP contribution in [0.1, 0.15) is 18.4 Å². The second-order valence-electron chi connectivity index (χ2n) is 7.58. The summed E-state index contributed by atoms with van der Waals surface area (Å²) in [6, 6.07) is 10.2. The number of carbonyl (C=O) groups excluding carboxylic acids is 1. The predicted octanol–water partition coefficient (Wildman–Crippen LogP) is 3.05. The van der Waals surface area contributed by atoms with E-state index in [1.807, 2.05) is 0 Å². The molecule has 2 aliphatic heterocycles. The Morgan fingerprint density at radius 2 is 1.58 bits per heavy atom. The minimum atomic E-state index is -3.77. The molecule has 31 heavy (non-hydrogen) atoms. The Labute approximate surface area is 186 Å². The molecule has 0 N–H and O–H groups in total. The van der Waals surface area contributed by atoms with Gasteiger partial charge in [-0.05, 0) is 55.3 Å². The molecule has 8 nitrogen and oxygen atoms in total. The summed E-state index contributed by atoms with van der Waals surface area (Å²) in [6.07, 6.45) is 1.50. The van der Waals surface area contributed by atoms with Crippen molar-refractivity contribution in [2.45, 2.75) is 35.3 Å². The quantitative estimate of drug-likeness (QED) is 0.661. The second kappa shape index (κ2) is 8.09. The maximum atomic E-state index is 13.0. The molecule has 0 unspecified atom stereocenters. The molecule has 0 aliphatic carbocycles. The monoisotopic (exact) mass is 484 g/mol. The van der Waals surface area contributed by atoms with Crippen molar-refractivity contribution in [3.05, 3.63) is 53.1 Å². The Balaban J connectivity index is 1.50. The first-order chi connectivity index (χ1) is 14.6. The van der Waals surface area contributed by atoms with Gasteiger partial charge >= 0.3 is 6.09 Å². The highest BCUT2D eigenvalue weighted by molar-refractivity contribution is 7.90. The first kappa shape index (κ1) is 22.1. The van der Waals surface area contributed by atoms with Gasteiger partial charge in [-0.1, -0.05) is 11.6 Å². The fourth-order valence-electron chi connectivity index (χ4n) is 3.91. The smallest absolute Gasteiger partial charge is 0.414 e. The van der Waals surface area contributed by atoms with E-state index < -0.39 is 26.0 Å². The van der Waals surface area contributed by atoms with Gasteiger partial charge in [0.1, 0.15) is 6.61 Å². The Kier molecular flexibility index (Phi) is 5.76. The molecule has 2 aromatic rings. The molecule has 11 heteroatoms. The third kappa shape index (κ3) is 4.30. The summed E-state index contributed by atoms with van der Waals surface area (Å²) in [5.74, 6) is 0. The molecule has 0 spiro atoms. The van der Waals surface area contributed by atoms with Gasteiger partial charge in [-0.15, -0.1) is 0 Å². The van der Waals surface area contributed by atoms with Crippen LogP contribution >= 0.6 is 11.6 Å². The second-order valence-corrected chi connectivity index (χ2v) is 12.0. The van der Waals surface area contributed by atoms with Crippen LogP contribution in [0.15, 0.2) is 52.3 Å². The maximum absolute atomic E-state index is 13.0. The summed E-state index contributed by atoms with van der Waals surface area (Å²) in [7, 11) is -7.18. The van der Waals surface area contributed by atoms with Crippen molar-refractivity contribution in [1.82, 2.24) is 4.31 Å². The van der Waals surface area contributed by atoms with Crippen LogP contribution in [-0.2, 0) is 31.2 Å². The molecule has 2 aromatic carbocycles. The molecule has 166 valence electrons. The Bertz CT molecular complexity index is 1220. The van der Waals surface area contributed by atoms with Crippen molar-refractivity contribution in [2.75, 3.05) is 24.2 Å². The van der Waals surface area contributed by atoms with E-state index in [0.717, 1.165) is 17.5 Å². The molecule has 4 rings (SSSR count). The van der Waals surface area contributed by atoms with E-state index in [-0.39, 0.29) is 35.5 Å². The van der Waals surface area contributed by atoms with Crippen molar-refractivity contribution in [3.63, 3.8) is 0 Å². The highest BCUT2D eigenvalue weighted by Gasteiger charge is 2.37. The Morgan fingerprint density at radius 1 is 0.968 bits per heavy atom. The number of benzene rings is 2. The zero-order valence-electron chi connectivity index (χ0n) is 16.7. The summed E-state index contributed by atoms with van der Waals surface area (Å²) in [5, 5.41) is 0.555. The van der Waals surface area contributed by atoms with Gasteiger partial charge in [-0.2, -0.15) is 4.31 Å². The molecule has 0 bridgehead atoms. The molecule has 0 radical (unpaired) electrons. The topological polar surface area (TPSA) is 101 Å². The van der Waals surface area contributed by atoms with Crippen molar-refractivity contribution in [1.29, 1.82) is 0 Å². The molecule has 2 aliphatic rings. The van der Waals surface area contributed by atoms with Gasteiger partial charge in [0.25, 0.3) is 0 Å². The molecule has 1 amide bonds. The van der Waals surface area contributed by atoms with Gasteiger partial charge in [0.15, 0.2) is 9.84 Å². The van der Waals surface area contributed by atoms with Crippen LogP contribution in [0.3, 0.4) is 0 Å². The normalized spacial score (nSPS) is 18.5. The lowest BCUT2D eigenvalue weighted by Gasteiger charge is -2.39. The van der Waals surface area contributed by atoms with Crippen LogP contribution in [-0.4, -0.2) is 52.6 Å². The molecule has 1 fully saturated rings. The average Bonchev–Trinajstić information content (AvgIpc) is 2.73. The van der Waals surface area contributed by atoms with Crippen molar-refractivity contribution < 1.29 is 26.4 Å². The number of piperidine rings is 1. The van der Waals surface area contributed by atoms with E-state index in [1.165, 1.54) is 28.6 Å². The molecular weight excluding hydrogens is 464 g/mol. The zero-order chi connectivity index (χ0) is 22.4. The van der Waals surface area contributed by atoms with Crippen LogP contribution < -0.4 is 4.90 Å². The van der Waals surface area contributed by atoms with E-state index in [9.17, 15) is 21.6 Å². The fraction of sp³-hybridized carbons (Fsp3) is 0.350. The lowest BCUT2D eigenvalue weighted by atomic mass is 10.0. The van der Waals surface area contributed by atoms with Gasteiger partial charge < -0.3 is 4.74 Å². The van der Waals surface area contributed by atoms with E-state index in [2.05, 4.69) is 0 Å². The van der Waals surface area contributed by atoms with Gasteiger partial charge in [0.2, 0.25) is 10.0 Å². The van der Waals surface area contributed by atoms with Gasteiger partial charge in [0, 0.05) is 36.0 Å². The van der Waals surface area contributed by atoms with Gasteiger partial charge in [0.05, 0.1) is 15.5 Å². The number of rotatable bonds is 4. The van der Waals surface area contributed by atoms with Crippen molar-refractivity contribution in [2.24, 2.45) is 0 Å².